The van der Waals surface area contributed by atoms with E-state index in [0.29, 0.717) is 11.5 Å². The van der Waals surface area contributed by atoms with Crippen LogP contribution in [0.5, 0.6) is 0 Å². The molecule has 0 saturated carbocycles. The molecule has 0 aliphatic carbocycles. The van der Waals surface area contributed by atoms with Crippen LogP contribution in [-0.4, -0.2) is 39.4 Å². The molecule has 0 bridgehead atoms. The van der Waals surface area contributed by atoms with E-state index in [2.05, 4.69) is 39.1 Å². The van der Waals surface area contributed by atoms with Crippen molar-refractivity contribution in [2.45, 2.75) is 19.9 Å². The molecule has 7 nitrogen and oxygen atoms in total. The van der Waals surface area contributed by atoms with Crippen LogP contribution < -0.4 is 10.2 Å². The van der Waals surface area contributed by atoms with Crippen molar-refractivity contribution in [1.82, 2.24) is 25.3 Å². The SMILES string of the molecule is CC(C)[C@H](NC(=O)CN(C)c1ncnc2nc[nH]c12)c1ccccc1. The molecular weight excluding hydrogens is 316 g/mol. The maximum absolute atomic E-state index is 12.6. The van der Waals surface area contributed by atoms with E-state index in [9.17, 15) is 4.79 Å². The molecule has 2 aromatic heterocycles. The summed E-state index contributed by atoms with van der Waals surface area (Å²) in [6.07, 6.45) is 3.02. The molecule has 0 radical (unpaired) electrons. The van der Waals surface area contributed by atoms with E-state index in [4.69, 9.17) is 0 Å². The number of fused-ring (bicyclic) bond motifs is 1. The van der Waals surface area contributed by atoms with Gasteiger partial charge in [-0.1, -0.05) is 44.2 Å². The van der Waals surface area contributed by atoms with Gasteiger partial charge >= 0.3 is 0 Å². The summed E-state index contributed by atoms with van der Waals surface area (Å²) in [5, 5.41) is 3.13. The van der Waals surface area contributed by atoms with Crippen molar-refractivity contribution < 1.29 is 4.79 Å². The molecule has 0 fully saturated rings. The number of imidazole rings is 1. The number of hydrogen-bond donors (Lipinski definition) is 2. The van der Waals surface area contributed by atoms with Gasteiger partial charge in [0.2, 0.25) is 5.91 Å². The fraction of sp³-hybridized carbons (Fsp3) is 0.333. The summed E-state index contributed by atoms with van der Waals surface area (Å²) in [7, 11) is 1.83. The highest BCUT2D eigenvalue weighted by atomic mass is 16.2. The van der Waals surface area contributed by atoms with Crippen LogP contribution in [0.3, 0.4) is 0 Å². The third-order valence-electron chi connectivity index (χ3n) is 4.09. The Kier molecular flexibility index (Phi) is 4.92. The summed E-state index contributed by atoms with van der Waals surface area (Å²) < 4.78 is 0. The third kappa shape index (κ3) is 3.76. The van der Waals surface area contributed by atoms with Crippen molar-refractivity contribution in [1.29, 1.82) is 0 Å². The molecule has 1 atom stereocenters. The summed E-state index contributed by atoms with van der Waals surface area (Å²) in [4.78, 5) is 29.9. The van der Waals surface area contributed by atoms with Crippen molar-refractivity contribution >= 4 is 22.9 Å². The Morgan fingerprint density at radius 3 is 2.68 bits per heavy atom. The Morgan fingerprint density at radius 1 is 1.20 bits per heavy atom. The van der Waals surface area contributed by atoms with Crippen molar-refractivity contribution in [3.63, 3.8) is 0 Å². The number of nitrogens with one attached hydrogen (secondary N) is 2. The molecule has 2 N–H and O–H groups in total. The highest BCUT2D eigenvalue weighted by Crippen LogP contribution is 2.22. The van der Waals surface area contributed by atoms with E-state index >= 15 is 0 Å². The minimum Gasteiger partial charge on any atom is -0.348 e. The molecule has 25 heavy (non-hydrogen) atoms. The Morgan fingerprint density at radius 2 is 1.96 bits per heavy atom. The summed E-state index contributed by atoms with van der Waals surface area (Å²) in [5.41, 5.74) is 2.41. The van der Waals surface area contributed by atoms with Crippen LogP contribution >= 0.6 is 0 Å². The number of H-pyrrole nitrogens is 1. The predicted molar refractivity (Wildman–Crippen MR) is 97.1 cm³/mol. The quantitative estimate of drug-likeness (QED) is 0.720. The molecule has 7 heteroatoms. The Bertz CT molecular complexity index is 845. The molecule has 0 aliphatic rings. The van der Waals surface area contributed by atoms with E-state index < -0.39 is 0 Å². The summed E-state index contributed by atoms with van der Waals surface area (Å²) >= 11 is 0. The van der Waals surface area contributed by atoms with Crippen LogP contribution in [0, 0.1) is 5.92 Å². The molecule has 3 aromatic rings. The molecule has 0 aliphatic heterocycles. The largest absolute Gasteiger partial charge is 0.348 e. The molecule has 3 rings (SSSR count). The average Bonchev–Trinajstić information content (AvgIpc) is 3.08. The number of aromatic nitrogens is 4. The van der Waals surface area contributed by atoms with Crippen LogP contribution in [0.2, 0.25) is 0 Å². The van der Waals surface area contributed by atoms with Gasteiger partial charge < -0.3 is 15.2 Å². The number of amides is 1. The van der Waals surface area contributed by atoms with Crippen LogP contribution in [0.4, 0.5) is 5.82 Å². The van der Waals surface area contributed by atoms with Gasteiger partial charge in [-0.25, -0.2) is 15.0 Å². The molecule has 0 unspecified atom stereocenters. The van der Waals surface area contributed by atoms with Crippen molar-refractivity contribution in [2.24, 2.45) is 5.92 Å². The lowest BCUT2D eigenvalue weighted by Gasteiger charge is -2.25. The predicted octanol–water partition coefficient (Wildman–Crippen LogP) is 2.30. The van der Waals surface area contributed by atoms with Crippen LogP contribution in [0.25, 0.3) is 11.2 Å². The highest BCUT2D eigenvalue weighted by molar-refractivity contribution is 5.87. The second kappa shape index (κ2) is 7.29. The molecule has 130 valence electrons. The van der Waals surface area contributed by atoms with E-state index in [1.54, 1.807) is 11.2 Å². The molecule has 1 aromatic carbocycles. The van der Waals surface area contributed by atoms with Gasteiger partial charge in [0.15, 0.2) is 11.5 Å². The second-order valence-corrected chi connectivity index (χ2v) is 6.35. The maximum Gasteiger partial charge on any atom is 0.240 e. The van der Waals surface area contributed by atoms with Crippen molar-refractivity contribution in [3.05, 3.63) is 48.5 Å². The van der Waals surface area contributed by atoms with Crippen molar-refractivity contribution in [3.8, 4) is 0 Å². The number of carbonyl (C=O) groups is 1. The van der Waals surface area contributed by atoms with Gasteiger partial charge in [0.25, 0.3) is 0 Å². The number of anilines is 1. The third-order valence-corrected chi connectivity index (χ3v) is 4.09. The summed E-state index contributed by atoms with van der Waals surface area (Å²) in [5.74, 6) is 0.879. The lowest BCUT2D eigenvalue weighted by Crippen LogP contribution is -2.39. The minimum atomic E-state index is -0.0590. The number of likely N-dealkylation sites (N-methyl/N-ethyl adjacent to an activating group) is 1. The Hall–Kier alpha value is -2.96. The fourth-order valence-corrected chi connectivity index (χ4v) is 2.85. The first-order chi connectivity index (χ1) is 12.1. The number of rotatable bonds is 6. The summed E-state index contributed by atoms with van der Waals surface area (Å²) in [6.45, 7) is 4.39. The summed E-state index contributed by atoms with van der Waals surface area (Å²) in [6, 6.07) is 9.99. The highest BCUT2D eigenvalue weighted by Gasteiger charge is 2.20. The molecular formula is C18H22N6O. The van der Waals surface area contributed by atoms with Gasteiger partial charge in [0.05, 0.1) is 18.9 Å². The maximum atomic E-state index is 12.6. The van der Waals surface area contributed by atoms with Crippen LogP contribution in [-0.2, 0) is 4.79 Å². The number of nitrogens with zero attached hydrogens (tertiary/aromatic N) is 4. The zero-order valence-electron chi connectivity index (χ0n) is 14.6. The van der Waals surface area contributed by atoms with Gasteiger partial charge in [0, 0.05) is 7.05 Å². The van der Waals surface area contributed by atoms with Gasteiger partial charge in [0.1, 0.15) is 11.8 Å². The van der Waals surface area contributed by atoms with Gasteiger partial charge in [-0.2, -0.15) is 0 Å². The topological polar surface area (TPSA) is 86.8 Å². The monoisotopic (exact) mass is 338 g/mol. The van der Waals surface area contributed by atoms with Gasteiger partial charge in [-0.15, -0.1) is 0 Å². The van der Waals surface area contributed by atoms with E-state index in [1.165, 1.54) is 6.33 Å². The second-order valence-electron chi connectivity index (χ2n) is 6.35. The number of benzene rings is 1. The lowest BCUT2D eigenvalue weighted by atomic mass is 9.96. The van der Waals surface area contributed by atoms with E-state index in [-0.39, 0.29) is 24.4 Å². The zero-order chi connectivity index (χ0) is 17.8. The molecule has 0 saturated heterocycles. The van der Waals surface area contributed by atoms with Gasteiger partial charge in [-0.3, -0.25) is 4.79 Å². The molecule has 0 spiro atoms. The minimum absolute atomic E-state index is 0.0281. The van der Waals surface area contributed by atoms with Crippen LogP contribution in [0.15, 0.2) is 43.0 Å². The lowest BCUT2D eigenvalue weighted by molar-refractivity contribution is -0.120. The zero-order valence-corrected chi connectivity index (χ0v) is 14.6. The number of hydrogen-bond acceptors (Lipinski definition) is 5. The van der Waals surface area contributed by atoms with Gasteiger partial charge in [-0.05, 0) is 11.5 Å². The normalized spacial score (nSPS) is 12.3. The first kappa shape index (κ1) is 16.9. The number of aromatic amines is 1. The first-order valence-corrected chi connectivity index (χ1v) is 8.25. The van der Waals surface area contributed by atoms with Crippen molar-refractivity contribution in [2.75, 3.05) is 18.5 Å². The Balaban J connectivity index is 1.72. The Labute approximate surface area is 146 Å². The first-order valence-electron chi connectivity index (χ1n) is 8.25. The molecule has 2 heterocycles. The fourth-order valence-electron chi connectivity index (χ4n) is 2.85. The standard InChI is InChI=1S/C18H22N6O/c1-12(2)15(13-7-5-4-6-8-13)23-14(25)9-24(3)18-16-17(20-10-19-16)21-11-22-18/h4-8,10-12,15H,9H2,1-3H3,(H,23,25)(H,19,20,21,22)/t15-/m0/s1. The number of carbonyl (C=O) groups excluding carboxylic acids is 1. The van der Waals surface area contributed by atoms with Crippen LogP contribution in [0.1, 0.15) is 25.5 Å². The van der Waals surface area contributed by atoms with E-state index in [1.807, 2.05) is 37.4 Å². The average molecular weight is 338 g/mol. The van der Waals surface area contributed by atoms with E-state index in [0.717, 1.165) is 11.1 Å². The smallest absolute Gasteiger partial charge is 0.240 e. The molecule has 1 amide bonds.